The van der Waals surface area contributed by atoms with Crippen molar-refractivity contribution in [3.8, 4) is 0 Å². The van der Waals surface area contributed by atoms with Crippen LogP contribution in [0.25, 0.3) is 0 Å². The van der Waals surface area contributed by atoms with Crippen LogP contribution in [0.4, 0.5) is 0 Å². The second kappa shape index (κ2) is 5.70. The zero-order chi connectivity index (χ0) is 14.6. The minimum atomic E-state index is 0.0627. The van der Waals surface area contributed by atoms with E-state index in [0.29, 0.717) is 0 Å². The number of rotatable bonds is 5. The Balaban J connectivity index is 2.08. The summed E-state index contributed by atoms with van der Waals surface area (Å²) in [6.07, 6.45) is 9.37. The third kappa shape index (κ3) is 3.41. The molecule has 2 aromatic heterocycles. The molecule has 0 unspecified atom stereocenters. The summed E-state index contributed by atoms with van der Waals surface area (Å²) in [6.45, 7) is 9.08. The second-order valence-corrected chi connectivity index (χ2v) is 6.60. The van der Waals surface area contributed by atoms with Crippen molar-refractivity contribution in [1.82, 2.24) is 15.0 Å². The molecule has 0 fully saturated rings. The van der Waals surface area contributed by atoms with E-state index in [-0.39, 0.29) is 10.8 Å². The maximum Gasteiger partial charge on any atom is 0.115 e. The molecule has 2 aromatic rings. The molecular weight excluding hydrogens is 246 g/mol. The highest BCUT2D eigenvalue weighted by Crippen LogP contribution is 2.34. The van der Waals surface area contributed by atoms with Crippen molar-refractivity contribution in [3.05, 3.63) is 54.4 Å². The molecule has 20 heavy (non-hydrogen) atoms. The van der Waals surface area contributed by atoms with E-state index in [1.165, 1.54) is 5.56 Å². The number of nitrogens with zero attached hydrogens (tertiary/aromatic N) is 3. The highest BCUT2D eigenvalue weighted by atomic mass is 14.8. The van der Waals surface area contributed by atoms with Crippen LogP contribution in [-0.2, 0) is 10.8 Å². The second-order valence-electron chi connectivity index (χ2n) is 6.60. The number of hydrogen-bond donors (Lipinski definition) is 0. The molecule has 3 nitrogen and oxygen atoms in total. The van der Waals surface area contributed by atoms with Crippen LogP contribution in [0, 0.1) is 0 Å². The van der Waals surface area contributed by atoms with Crippen molar-refractivity contribution in [2.75, 3.05) is 0 Å². The van der Waals surface area contributed by atoms with Gasteiger partial charge in [0.1, 0.15) is 6.33 Å². The highest BCUT2D eigenvalue weighted by Gasteiger charge is 2.27. The molecule has 0 aliphatic carbocycles. The van der Waals surface area contributed by atoms with E-state index in [4.69, 9.17) is 0 Å². The summed E-state index contributed by atoms with van der Waals surface area (Å²) in [5.74, 6) is 0. The summed E-state index contributed by atoms with van der Waals surface area (Å²) in [5.41, 5.74) is 2.66. The summed E-state index contributed by atoms with van der Waals surface area (Å²) >= 11 is 0. The fraction of sp³-hybridized carbons (Fsp3) is 0.471. The lowest BCUT2D eigenvalue weighted by atomic mass is 9.74. The van der Waals surface area contributed by atoms with Gasteiger partial charge in [-0.05, 0) is 42.0 Å². The van der Waals surface area contributed by atoms with Gasteiger partial charge in [0.05, 0.1) is 0 Å². The van der Waals surface area contributed by atoms with Gasteiger partial charge in [0.2, 0.25) is 0 Å². The molecule has 0 bridgehead atoms. The maximum atomic E-state index is 4.40. The van der Waals surface area contributed by atoms with E-state index in [1.807, 2.05) is 24.7 Å². The predicted molar refractivity (Wildman–Crippen MR) is 81.6 cm³/mol. The van der Waals surface area contributed by atoms with Crippen LogP contribution in [0.5, 0.6) is 0 Å². The summed E-state index contributed by atoms with van der Waals surface area (Å²) in [5, 5.41) is 0. The molecule has 106 valence electrons. The lowest BCUT2D eigenvalue weighted by Gasteiger charge is -2.31. The largest absolute Gasteiger partial charge is 0.265 e. The van der Waals surface area contributed by atoms with Crippen molar-refractivity contribution < 1.29 is 0 Å². The predicted octanol–water partition coefficient (Wildman–Crippen LogP) is 3.91. The van der Waals surface area contributed by atoms with E-state index < -0.39 is 0 Å². The number of pyridine rings is 1. The van der Waals surface area contributed by atoms with E-state index in [9.17, 15) is 0 Å². The lowest BCUT2D eigenvalue weighted by molar-refractivity contribution is 0.368. The molecule has 2 rings (SSSR count). The fourth-order valence-corrected chi connectivity index (χ4v) is 2.39. The molecule has 0 N–H and O–H groups in total. The zero-order valence-electron chi connectivity index (χ0n) is 12.8. The van der Waals surface area contributed by atoms with Crippen LogP contribution >= 0.6 is 0 Å². The SMILES string of the molecule is CC(C)(CCC(C)(C)c1ccncn1)c1ccncc1. The minimum Gasteiger partial charge on any atom is -0.265 e. The summed E-state index contributed by atoms with van der Waals surface area (Å²) in [4.78, 5) is 12.5. The first kappa shape index (κ1) is 14.6. The Morgan fingerprint density at radius 2 is 1.40 bits per heavy atom. The van der Waals surface area contributed by atoms with Gasteiger partial charge in [-0.25, -0.2) is 9.97 Å². The molecule has 0 aliphatic heterocycles. The monoisotopic (exact) mass is 269 g/mol. The van der Waals surface area contributed by atoms with Crippen LogP contribution in [0.15, 0.2) is 43.1 Å². The van der Waals surface area contributed by atoms with Gasteiger partial charge < -0.3 is 0 Å². The number of hydrogen-bond acceptors (Lipinski definition) is 3. The van der Waals surface area contributed by atoms with Crippen molar-refractivity contribution >= 4 is 0 Å². The standard InChI is InChI=1S/C17H23N3/c1-16(2,14-5-10-18-11-6-14)8-9-17(3,4)15-7-12-19-13-20-15/h5-7,10-13H,8-9H2,1-4H3. The van der Waals surface area contributed by atoms with Crippen molar-refractivity contribution in [1.29, 1.82) is 0 Å². The lowest BCUT2D eigenvalue weighted by Crippen LogP contribution is -2.25. The van der Waals surface area contributed by atoms with E-state index in [1.54, 1.807) is 6.33 Å². The van der Waals surface area contributed by atoms with Gasteiger partial charge in [-0.2, -0.15) is 0 Å². The van der Waals surface area contributed by atoms with Crippen LogP contribution in [0.3, 0.4) is 0 Å². The molecule has 0 aromatic carbocycles. The fourth-order valence-electron chi connectivity index (χ4n) is 2.39. The first-order chi connectivity index (χ1) is 9.42. The molecule has 0 saturated carbocycles. The van der Waals surface area contributed by atoms with Gasteiger partial charge in [0.25, 0.3) is 0 Å². The molecular formula is C17H23N3. The minimum absolute atomic E-state index is 0.0627. The van der Waals surface area contributed by atoms with Crippen LogP contribution in [-0.4, -0.2) is 15.0 Å². The first-order valence-electron chi connectivity index (χ1n) is 7.09. The van der Waals surface area contributed by atoms with Crippen molar-refractivity contribution in [3.63, 3.8) is 0 Å². The molecule has 2 heterocycles. The van der Waals surface area contributed by atoms with Gasteiger partial charge in [0.15, 0.2) is 0 Å². The third-order valence-electron chi connectivity index (χ3n) is 4.11. The highest BCUT2D eigenvalue weighted by molar-refractivity contribution is 5.21. The number of aromatic nitrogens is 3. The summed E-state index contributed by atoms with van der Waals surface area (Å²) < 4.78 is 0. The Bertz CT molecular complexity index is 481. The Morgan fingerprint density at radius 1 is 0.800 bits per heavy atom. The van der Waals surface area contributed by atoms with E-state index in [2.05, 4.69) is 54.8 Å². The Hall–Kier alpha value is -1.77. The summed E-state index contributed by atoms with van der Waals surface area (Å²) in [7, 11) is 0. The average molecular weight is 269 g/mol. The van der Waals surface area contributed by atoms with Gasteiger partial charge in [0, 0.05) is 29.7 Å². The Labute approximate surface area is 121 Å². The molecule has 0 radical (unpaired) electrons. The smallest absolute Gasteiger partial charge is 0.115 e. The van der Waals surface area contributed by atoms with Crippen molar-refractivity contribution in [2.45, 2.75) is 51.4 Å². The molecule has 0 atom stereocenters. The van der Waals surface area contributed by atoms with Gasteiger partial charge in [-0.1, -0.05) is 27.7 Å². The van der Waals surface area contributed by atoms with Crippen LogP contribution in [0.1, 0.15) is 51.8 Å². The normalized spacial score (nSPS) is 12.4. The molecule has 0 aliphatic rings. The van der Waals surface area contributed by atoms with Crippen LogP contribution < -0.4 is 0 Å². The van der Waals surface area contributed by atoms with E-state index >= 15 is 0 Å². The van der Waals surface area contributed by atoms with Gasteiger partial charge in [-0.3, -0.25) is 4.98 Å². The Morgan fingerprint density at radius 3 is 2.00 bits per heavy atom. The Kier molecular flexibility index (Phi) is 4.17. The first-order valence-corrected chi connectivity index (χ1v) is 7.09. The average Bonchev–Trinajstić information content (AvgIpc) is 2.47. The molecule has 3 heteroatoms. The van der Waals surface area contributed by atoms with Gasteiger partial charge >= 0.3 is 0 Å². The van der Waals surface area contributed by atoms with Gasteiger partial charge in [-0.15, -0.1) is 0 Å². The van der Waals surface area contributed by atoms with Crippen molar-refractivity contribution in [2.24, 2.45) is 0 Å². The summed E-state index contributed by atoms with van der Waals surface area (Å²) in [6, 6.07) is 6.23. The third-order valence-corrected chi connectivity index (χ3v) is 4.11. The maximum absolute atomic E-state index is 4.40. The van der Waals surface area contributed by atoms with E-state index in [0.717, 1.165) is 18.5 Å². The zero-order valence-corrected chi connectivity index (χ0v) is 12.8. The molecule has 0 saturated heterocycles. The van der Waals surface area contributed by atoms with Crippen LogP contribution in [0.2, 0.25) is 0 Å². The molecule has 0 amide bonds. The quantitative estimate of drug-likeness (QED) is 0.826. The molecule has 0 spiro atoms. The topological polar surface area (TPSA) is 38.7 Å².